The first-order valence-electron chi connectivity index (χ1n) is 6.49. The molecule has 0 radical (unpaired) electrons. The lowest BCUT2D eigenvalue weighted by atomic mass is 10.00. The van der Waals surface area contributed by atoms with Crippen LogP contribution in [-0.2, 0) is 14.3 Å². The fourth-order valence-electron chi connectivity index (χ4n) is 2.00. The van der Waals surface area contributed by atoms with Crippen LogP contribution in [0, 0.1) is 5.92 Å². The van der Waals surface area contributed by atoms with Gasteiger partial charge in [-0.1, -0.05) is 17.7 Å². The smallest absolute Gasteiger partial charge is 0.306 e. The molecular weight excluding hydrogens is 284 g/mol. The topological polar surface area (TPSA) is 65.0 Å². The van der Waals surface area contributed by atoms with E-state index in [-0.39, 0.29) is 5.92 Å². The highest BCUT2D eigenvalue weighted by Crippen LogP contribution is 2.21. The molecule has 2 atom stereocenters. The Bertz CT molecular complexity index is 451. The van der Waals surface area contributed by atoms with Gasteiger partial charge in [0.25, 0.3) is 0 Å². The van der Waals surface area contributed by atoms with Gasteiger partial charge in [0, 0.05) is 11.4 Å². The normalized spacial score (nSPS) is 22.4. The summed E-state index contributed by atoms with van der Waals surface area (Å²) < 4.78 is 16.3. The Labute approximate surface area is 122 Å². The van der Waals surface area contributed by atoms with E-state index in [2.05, 4.69) is 0 Å². The summed E-state index contributed by atoms with van der Waals surface area (Å²) in [6, 6.07) is 7.11. The zero-order valence-electron chi connectivity index (χ0n) is 11.0. The average Bonchev–Trinajstić information content (AvgIpc) is 2.44. The highest BCUT2D eigenvalue weighted by molar-refractivity contribution is 6.30. The zero-order valence-corrected chi connectivity index (χ0v) is 11.7. The fraction of sp³-hybridized carbons (Fsp3) is 0.500. The van der Waals surface area contributed by atoms with Gasteiger partial charge in [-0.15, -0.1) is 0 Å². The van der Waals surface area contributed by atoms with E-state index in [9.17, 15) is 4.79 Å². The molecule has 1 fully saturated rings. The predicted octanol–water partition coefficient (Wildman–Crippen LogP) is 2.57. The molecule has 1 N–H and O–H groups in total. The molecule has 1 saturated heterocycles. The molecule has 2 unspecified atom stereocenters. The molecule has 5 nitrogen and oxygen atoms in total. The van der Waals surface area contributed by atoms with E-state index < -0.39 is 12.3 Å². The molecular formula is C14H17ClO5. The summed E-state index contributed by atoms with van der Waals surface area (Å²) >= 11 is 5.84. The number of hydrogen-bond acceptors (Lipinski definition) is 4. The molecule has 0 bridgehead atoms. The van der Waals surface area contributed by atoms with Gasteiger partial charge in [0.05, 0.1) is 19.1 Å². The second kappa shape index (κ2) is 7.47. The SMILES string of the molecule is O=C(O)C1CCOC(OCCOc2cccc(Cl)c2)C1. The molecule has 0 aliphatic carbocycles. The van der Waals surface area contributed by atoms with Gasteiger partial charge in [-0.3, -0.25) is 4.79 Å². The van der Waals surface area contributed by atoms with Crippen molar-refractivity contribution in [3.05, 3.63) is 29.3 Å². The third-order valence-electron chi connectivity index (χ3n) is 3.05. The number of ether oxygens (including phenoxy) is 3. The van der Waals surface area contributed by atoms with Gasteiger partial charge >= 0.3 is 5.97 Å². The maximum Gasteiger partial charge on any atom is 0.306 e. The number of aliphatic carboxylic acids is 1. The van der Waals surface area contributed by atoms with E-state index in [0.717, 1.165) is 0 Å². The first-order valence-corrected chi connectivity index (χ1v) is 6.87. The van der Waals surface area contributed by atoms with Crippen LogP contribution in [0.15, 0.2) is 24.3 Å². The number of carboxylic acids is 1. The van der Waals surface area contributed by atoms with Crippen molar-refractivity contribution in [2.75, 3.05) is 19.8 Å². The number of halogens is 1. The average molecular weight is 301 g/mol. The minimum atomic E-state index is -0.794. The van der Waals surface area contributed by atoms with Gasteiger partial charge in [-0.05, 0) is 24.6 Å². The lowest BCUT2D eigenvalue weighted by molar-refractivity contribution is -0.186. The minimum absolute atomic E-state index is 0.337. The summed E-state index contributed by atoms with van der Waals surface area (Å²) in [5.41, 5.74) is 0. The van der Waals surface area contributed by atoms with Gasteiger partial charge in [0.15, 0.2) is 6.29 Å². The fourth-order valence-corrected chi connectivity index (χ4v) is 2.18. The largest absolute Gasteiger partial charge is 0.491 e. The van der Waals surface area contributed by atoms with Crippen molar-refractivity contribution in [1.29, 1.82) is 0 Å². The van der Waals surface area contributed by atoms with Crippen LogP contribution in [-0.4, -0.2) is 37.2 Å². The Morgan fingerprint density at radius 2 is 2.30 bits per heavy atom. The molecule has 0 amide bonds. The van der Waals surface area contributed by atoms with Gasteiger partial charge in [-0.25, -0.2) is 0 Å². The summed E-state index contributed by atoms with van der Waals surface area (Å²) in [6.07, 6.45) is 0.452. The molecule has 1 aromatic carbocycles. The van der Waals surface area contributed by atoms with E-state index in [4.69, 9.17) is 30.9 Å². The minimum Gasteiger partial charge on any atom is -0.491 e. The van der Waals surface area contributed by atoms with Crippen molar-refractivity contribution in [3.63, 3.8) is 0 Å². The summed E-state index contributed by atoms with van der Waals surface area (Å²) in [5.74, 6) is -0.506. The van der Waals surface area contributed by atoms with E-state index in [0.29, 0.717) is 43.4 Å². The van der Waals surface area contributed by atoms with Crippen LogP contribution in [0.2, 0.25) is 5.02 Å². The number of rotatable bonds is 6. The Balaban J connectivity index is 1.67. The summed E-state index contributed by atoms with van der Waals surface area (Å²) in [7, 11) is 0. The van der Waals surface area contributed by atoms with Crippen LogP contribution in [0.5, 0.6) is 5.75 Å². The van der Waals surface area contributed by atoms with Crippen LogP contribution >= 0.6 is 11.6 Å². The molecule has 1 heterocycles. The van der Waals surface area contributed by atoms with Crippen molar-refractivity contribution in [2.24, 2.45) is 5.92 Å². The quantitative estimate of drug-likeness (QED) is 0.818. The zero-order chi connectivity index (χ0) is 14.4. The summed E-state index contributed by atoms with van der Waals surface area (Å²) in [4.78, 5) is 10.9. The second-order valence-corrected chi connectivity index (χ2v) is 4.97. The summed E-state index contributed by atoms with van der Waals surface area (Å²) in [5, 5.41) is 9.57. The Morgan fingerprint density at radius 3 is 3.05 bits per heavy atom. The molecule has 110 valence electrons. The standard InChI is InChI=1S/C14H17ClO5/c15-11-2-1-3-12(9-11)18-6-7-20-13-8-10(14(16)17)4-5-19-13/h1-3,9-10,13H,4-8H2,(H,16,17). The van der Waals surface area contributed by atoms with Crippen molar-refractivity contribution < 1.29 is 24.1 Å². The Hall–Kier alpha value is -1.30. The number of carbonyl (C=O) groups is 1. The number of carboxylic acid groups (broad SMARTS) is 1. The molecule has 0 spiro atoms. The molecule has 1 aliphatic rings. The molecule has 1 aromatic rings. The highest BCUT2D eigenvalue weighted by atomic mass is 35.5. The molecule has 1 aliphatic heterocycles. The Kier molecular flexibility index (Phi) is 5.64. The molecule has 0 saturated carbocycles. The first kappa shape index (κ1) is 15.1. The number of benzene rings is 1. The lowest BCUT2D eigenvalue weighted by Gasteiger charge is -2.27. The van der Waals surface area contributed by atoms with Crippen molar-refractivity contribution >= 4 is 17.6 Å². The van der Waals surface area contributed by atoms with E-state index >= 15 is 0 Å². The maximum absolute atomic E-state index is 10.9. The lowest BCUT2D eigenvalue weighted by Crippen LogP contribution is -2.32. The van der Waals surface area contributed by atoms with Gasteiger partial charge in [-0.2, -0.15) is 0 Å². The molecule has 6 heteroatoms. The monoisotopic (exact) mass is 300 g/mol. The molecule has 20 heavy (non-hydrogen) atoms. The van der Waals surface area contributed by atoms with E-state index in [1.165, 1.54) is 0 Å². The van der Waals surface area contributed by atoms with Crippen molar-refractivity contribution in [1.82, 2.24) is 0 Å². The van der Waals surface area contributed by atoms with Crippen LogP contribution in [0.1, 0.15) is 12.8 Å². The maximum atomic E-state index is 10.9. The first-order chi connectivity index (χ1) is 9.65. The Morgan fingerprint density at radius 1 is 1.45 bits per heavy atom. The van der Waals surface area contributed by atoms with Crippen LogP contribution < -0.4 is 4.74 Å². The molecule has 0 aromatic heterocycles. The van der Waals surface area contributed by atoms with Crippen LogP contribution in [0.3, 0.4) is 0 Å². The van der Waals surface area contributed by atoms with Crippen molar-refractivity contribution in [3.8, 4) is 5.75 Å². The second-order valence-electron chi connectivity index (χ2n) is 4.54. The highest BCUT2D eigenvalue weighted by Gasteiger charge is 2.27. The predicted molar refractivity (Wildman–Crippen MR) is 73.0 cm³/mol. The third-order valence-corrected chi connectivity index (χ3v) is 3.28. The molecule has 2 rings (SSSR count). The van der Waals surface area contributed by atoms with Crippen molar-refractivity contribution in [2.45, 2.75) is 19.1 Å². The van der Waals surface area contributed by atoms with Crippen LogP contribution in [0.4, 0.5) is 0 Å². The number of hydrogen-bond donors (Lipinski definition) is 1. The van der Waals surface area contributed by atoms with Gasteiger partial charge in [0.2, 0.25) is 0 Å². The van der Waals surface area contributed by atoms with Crippen LogP contribution in [0.25, 0.3) is 0 Å². The van der Waals surface area contributed by atoms with Gasteiger partial charge < -0.3 is 19.3 Å². The summed E-state index contributed by atoms with van der Waals surface area (Å²) in [6.45, 7) is 1.11. The third kappa shape index (κ3) is 4.67. The van der Waals surface area contributed by atoms with E-state index in [1.807, 2.05) is 6.07 Å². The van der Waals surface area contributed by atoms with Gasteiger partial charge in [0.1, 0.15) is 12.4 Å². The van der Waals surface area contributed by atoms with E-state index in [1.54, 1.807) is 18.2 Å².